The fraction of sp³-hybridized carbons (Fsp3) is 0.231. The van der Waals surface area contributed by atoms with Crippen LogP contribution < -0.4 is 10.5 Å². The molecule has 0 aliphatic rings. The summed E-state index contributed by atoms with van der Waals surface area (Å²) in [6, 6.07) is 9.99. The minimum Gasteiger partial charge on any atom is -0.474 e. The van der Waals surface area contributed by atoms with E-state index >= 15 is 0 Å². The normalized spacial score (nSPS) is 10.2. The quantitative estimate of drug-likeness (QED) is 0.784. The molecule has 0 saturated carbocycles. The van der Waals surface area contributed by atoms with Crippen molar-refractivity contribution < 1.29 is 9.47 Å². The van der Waals surface area contributed by atoms with E-state index in [4.69, 9.17) is 15.2 Å². The second-order valence-electron chi connectivity index (χ2n) is 3.67. The van der Waals surface area contributed by atoms with Gasteiger partial charge in [-0.05, 0) is 5.56 Å². The van der Waals surface area contributed by atoms with Crippen molar-refractivity contribution in [3.05, 3.63) is 48.3 Å². The highest BCUT2D eigenvalue weighted by Crippen LogP contribution is 2.04. The van der Waals surface area contributed by atoms with Gasteiger partial charge in [0.2, 0.25) is 5.88 Å². The highest BCUT2D eigenvalue weighted by molar-refractivity contribution is 5.24. The Bertz CT molecular complexity index is 459. The Balaban J connectivity index is 1.63. The molecule has 5 heteroatoms. The van der Waals surface area contributed by atoms with Crippen LogP contribution in [-0.2, 0) is 11.3 Å². The monoisotopic (exact) mass is 245 g/mol. The summed E-state index contributed by atoms with van der Waals surface area (Å²) < 4.78 is 10.8. The molecule has 1 heterocycles. The van der Waals surface area contributed by atoms with Gasteiger partial charge in [0.1, 0.15) is 12.4 Å². The maximum atomic E-state index is 5.47. The van der Waals surface area contributed by atoms with Crippen molar-refractivity contribution in [3.8, 4) is 5.88 Å². The average molecular weight is 245 g/mol. The molecule has 0 aliphatic heterocycles. The van der Waals surface area contributed by atoms with E-state index in [0.29, 0.717) is 31.5 Å². The standard InChI is InChI=1S/C13H15N3O2/c14-12-8-16-13(9-15-12)18-7-6-17-10-11-4-2-1-3-5-11/h1-5,8-9H,6-7,10H2,(H2,14,15). The number of nitrogens with zero attached hydrogens (tertiary/aromatic N) is 2. The van der Waals surface area contributed by atoms with Gasteiger partial charge < -0.3 is 15.2 Å². The predicted molar refractivity (Wildman–Crippen MR) is 68.0 cm³/mol. The van der Waals surface area contributed by atoms with Crippen LogP contribution in [0.3, 0.4) is 0 Å². The van der Waals surface area contributed by atoms with Gasteiger partial charge in [0, 0.05) is 0 Å². The number of benzene rings is 1. The van der Waals surface area contributed by atoms with Crippen molar-refractivity contribution >= 4 is 5.82 Å². The Morgan fingerprint density at radius 1 is 1.00 bits per heavy atom. The zero-order chi connectivity index (χ0) is 12.6. The largest absolute Gasteiger partial charge is 0.474 e. The predicted octanol–water partition coefficient (Wildman–Crippen LogP) is 1.65. The Hall–Kier alpha value is -2.14. The van der Waals surface area contributed by atoms with E-state index in [-0.39, 0.29) is 0 Å². The first-order chi connectivity index (χ1) is 8.84. The number of ether oxygens (including phenoxy) is 2. The third-order valence-electron chi connectivity index (χ3n) is 2.24. The summed E-state index contributed by atoms with van der Waals surface area (Å²) in [5, 5.41) is 0. The van der Waals surface area contributed by atoms with E-state index in [1.807, 2.05) is 30.3 Å². The van der Waals surface area contributed by atoms with Gasteiger partial charge >= 0.3 is 0 Å². The van der Waals surface area contributed by atoms with Gasteiger partial charge in [-0.1, -0.05) is 30.3 Å². The summed E-state index contributed by atoms with van der Waals surface area (Å²) in [5.74, 6) is 0.829. The molecule has 1 aromatic heterocycles. The van der Waals surface area contributed by atoms with Crippen LogP contribution >= 0.6 is 0 Å². The summed E-state index contributed by atoms with van der Waals surface area (Å²) in [5.41, 5.74) is 6.56. The van der Waals surface area contributed by atoms with Crippen LogP contribution in [0.25, 0.3) is 0 Å². The lowest BCUT2D eigenvalue weighted by Gasteiger charge is -2.06. The fourth-order valence-electron chi connectivity index (χ4n) is 1.37. The molecule has 2 rings (SSSR count). The lowest BCUT2D eigenvalue weighted by atomic mass is 10.2. The number of nitrogen functional groups attached to an aromatic ring is 1. The molecule has 0 radical (unpaired) electrons. The molecule has 0 saturated heterocycles. The van der Waals surface area contributed by atoms with Crippen LogP contribution in [0.5, 0.6) is 5.88 Å². The Morgan fingerprint density at radius 3 is 2.56 bits per heavy atom. The molecule has 1 aromatic carbocycles. The topological polar surface area (TPSA) is 70.3 Å². The Labute approximate surface area is 106 Å². The van der Waals surface area contributed by atoms with Crippen LogP contribution in [0, 0.1) is 0 Å². The summed E-state index contributed by atoms with van der Waals surface area (Å²) in [6.07, 6.45) is 2.95. The van der Waals surface area contributed by atoms with E-state index in [0.717, 1.165) is 5.56 Å². The Kier molecular flexibility index (Phi) is 4.49. The van der Waals surface area contributed by atoms with Crippen molar-refractivity contribution in [1.29, 1.82) is 0 Å². The first-order valence-corrected chi connectivity index (χ1v) is 5.66. The molecular formula is C13H15N3O2. The van der Waals surface area contributed by atoms with Gasteiger partial charge in [-0.25, -0.2) is 9.97 Å². The summed E-state index contributed by atoms with van der Waals surface area (Å²) in [4.78, 5) is 7.84. The van der Waals surface area contributed by atoms with Crippen molar-refractivity contribution in [2.75, 3.05) is 18.9 Å². The van der Waals surface area contributed by atoms with Crippen molar-refractivity contribution in [3.63, 3.8) is 0 Å². The molecule has 0 unspecified atom stereocenters. The zero-order valence-corrected chi connectivity index (χ0v) is 9.95. The molecule has 0 atom stereocenters. The van der Waals surface area contributed by atoms with Gasteiger partial charge in [-0.15, -0.1) is 0 Å². The maximum Gasteiger partial charge on any atom is 0.232 e. The molecular weight excluding hydrogens is 230 g/mol. The minimum absolute atomic E-state index is 0.377. The van der Waals surface area contributed by atoms with E-state index in [2.05, 4.69) is 9.97 Å². The molecule has 94 valence electrons. The van der Waals surface area contributed by atoms with E-state index in [1.54, 1.807) is 0 Å². The SMILES string of the molecule is Nc1cnc(OCCOCc2ccccc2)cn1. The minimum atomic E-state index is 0.377. The summed E-state index contributed by atoms with van der Waals surface area (Å²) in [6.45, 7) is 1.52. The van der Waals surface area contributed by atoms with Gasteiger partial charge in [0.15, 0.2) is 0 Å². The van der Waals surface area contributed by atoms with E-state index in [9.17, 15) is 0 Å². The molecule has 0 fully saturated rings. The Morgan fingerprint density at radius 2 is 1.83 bits per heavy atom. The van der Waals surface area contributed by atoms with Crippen molar-refractivity contribution in [2.24, 2.45) is 0 Å². The second-order valence-corrected chi connectivity index (χ2v) is 3.67. The average Bonchev–Trinajstić information content (AvgIpc) is 2.42. The highest BCUT2D eigenvalue weighted by Gasteiger charge is 1.96. The first kappa shape index (κ1) is 12.3. The zero-order valence-electron chi connectivity index (χ0n) is 9.95. The fourth-order valence-corrected chi connectivity index (χ4v) is 1.37. The van der Waals surface area contributed by atoms with E-state index in [1.165, 1.54) is 12.4 Å². The van der Waals surface area contributed by atoms with Crippen LogP contribution in [0.15, 0.2) is 42.7 Å². The first-order valence-electron chi connectivity index (χ1n) is 5.66. The smallest absolute Gasteiger partial charge is 0.232 e. The molecule has 0 spiro atoms. The third-order valence-corrected chi connectivity index (χ3v) is 2.24. The molecule has 0 aliphatic carbocycles. The molecule has 2 N–H and O–H groups in total. The number of rotatable bonds is 6. The number of hydrogen-bond acceptors (Lipinski definition) is 5. The molecule has 18 heavy (non-hydrogen) atoms. The second kappa shape index (κ2) is 6.56. The summed E-state index contributed by atoms with van der Waals surface area (Å²) in [7, 11) is 0. The third kappa shape index (κ3) is 4.03. The lowest BCUT2D eigenvalue weighted by Crippen LogP contribution is -2.08. The van der Waals surface area contributed by atoms with Crippen molar-refractivity contribution in [1.82, 2.24) is 9.97 Å². The highest BCUT2D eigenvalue weighted by atomic mass is 16.5. The van der Waals surface area contributed by atoms with Gasteiger partial charge in [0.25, 0.3) is 0 Å². The number of hydrogen-bond donors (Lipinski definition) is 1. The number of aromatic nitrogens is 2. The molecule has 0 amide bonds. The molecule has 0 bridgehead atoms. The van der Waals surface area contributed by atoms with Gasteiger partial charge in [-0.3, -0.25) is 0 Å². The van der Waals surface area contributed by atoms with Crippen molar-refractivity contribution in [2.45, 2.75) is 6.61 Å². The molecule has 5 nitrogen and oxygen atoms in total. The molecule has 2 aromatic rings. The van der Waals surface area contributed by atoms with Crippen LogP contribution in [0.1, 0.15) is 5.56 Å². The number of anilines is 1. The summed E-state index contributed by atoms with van der Waals surface area (Å²) >= 11 is 0. The van der Waals surface area contributed by atoms with Gasteiger partial charge in [0.05, 0.1) is 25.6 Å². The lowest BCUT2D eigenvalue weighted by molar-refractivity contribution is 0.0873. The maximum absolute atomic E-state index is 5.47. The van der Waals surface area contributed by atoms with Crippen LogP contribution in [0.2, 0.25) is 0 Å². The van der Waals surface area contributed by atoms with Crippen LogP contribution in [-0.4, -0.2) is 23.2 Å². The van der Waals surface area contributed by atoms with Gasteiger partial charge in [-0.2, -0.15) is 0 Å². The number of nitrogens with two attached hydrogens (primary N) is 1. The van der Waals surface area contributed by atoms with E-state index < -0.39 is 0 Å². The van der Waals surface area contributed by atoms with Crippen LogP contribution in [0.4, 0.5) is 5.82 Å².